The van der Waals surface area contributed by atoms with E-state index in [4.69, 9.17) is 4.43 Å². The fraction of sp³-hybridized carbons (Fsp3) is 0.939. The van der Waals surface area contributed by atoms with Crippen molar-refractivity contribution in [1.82, 2.24) is 0 Å². The van der Waals surface area contributed by atoms with E-state index in [0.717, 1.165) is 48.3 Å². The third-order valence-corrected chi connectivity index (χ3v) is 17.2. The first-order chi connectivity index (χ1) is 17.0. The lowest BCUT2D eigenvalue weighted by Crippen LogP contribution is -2.51. The number of aliphatic hydroxyl groups is 1. The van der Waals surface area contributed by atoms with Crippen LogP contribution in [0.3, 0.4) is 0 Å². The zero-order valence-electron chi connectivity index (χ0n) is 25.2. The predicted molar refractivity (Wildman–Crippen MR) is 157 cm³/mol. The third-order valence-electron chi connectivity index (χ3n) is 12.6. The molecule has 0 radical (unpaired) electrons. The molecule has 208 valence electrons. The van der Waals surface area contributed by atoms with Crippen LogP contribution in [0.5, 0.6) is 0 Å². The lowest BCUT2D eigenvalue weighted by Gasteiger charge is -2.58. The van der Waals surface area contributed by atoms with Gasteiger partial charge in [0.15, 0.2) is 8.32 Å². The van der Waals surface area contributed by atoms with Crippen LogP contribution in [0.15, 0.2) is 11.6 Å². The molecular weight excluding hydrogens is 456 g/mol. The first kappa shape index (κ1) is 28.9. The van der Waals surface area contributed by atoms with E-state index in [-0.39, 0.29) is 6.10 Å². The average molecular weight is 517 g/mol. The van der Waals surface area contributed by atoms with Gasteiger partial charge < -0.3 is 9.53 Å². The summed E-state index contributed by atoms with van der Waals surface area (Å²) in [4.78, 5) is 0. The Hall–Kier alpha value is -0.123. The lowest BCUT2D eigenvalue weighted by atomic mass is 9.47. The molecule has 0 aromatic rings. The first-order valence-electron chi connectivity index (χ1n) is 16.1. The molecule has 36 heavy (non-hydrogen) atoms. The molecule has 0 aromatic heterocycles. The molecule has 4 rings (SSSR count). The number of rotatable bonds is 10. The van der Waals surface area contributed by atoms with Gasteiger partial charge in [0.2, 0.25) is 0 Å². The van der Waals surface area contributed by atoms with E-state index in [1.165, 1.54) is 69.5 Å². The maximum Gasteiger partial charge on any atom is 0.192 e. The highest BCUT2D eigenvalue weighted by Crippen LogP contribution is 2.68. The Morgan fingerprint density at radius 1 is 1.00 bits per heavy atom. The minimum Gasteiger partial charge on any atom is -0.414 e. The maximum absolute atomic E-state index is 10.4. The Labute approximate surface area is 225 Å². The zero-order chi connectivity index (χ0) is 26.3. The van der Waals surface area contributed by atoms with E-state index in [1.54, 1.807) is 5.57 Å². The van der Waals surface area contributed by atoms with Crippen molar-refractivity contribution < 1.29 is 9.53 Å². The standard InChI is InChI=1S/C33H60O2Si/c1-9-36(10-2,11-3)35-30-22-29-27-16-15-25-21-26(34)17-19-32(25,7)28(27)18-20-33(29,8)31(30)24(6)14-12-13-23(4)5/h15,23-24,26-31,34H,9-14,16-22H2,1-8H3/t24-,26-,27-,28+,29+,30+,31+,32+,33+/m1/s1. The summed E-state index contributed by atoms with van der Waals surface area (Å²) in [6.07, 6.45) is 15.6. The average Bonchev–Trinajstić information content (AvgIpc) is 3.14. The van der Waals surface area contributed by atoms with Crippen LogP contribution in [-0.4, -0.2) is 25.6 Å². The van der Waals surface area contributed by atoms with Gasteiger partial charge in [-0.1, -0.05) is 86.3 Å². The Morgan fingerprint density at radius 2 is 1.69 bits per heavy atom. The number of hydrogen-bond donors (Lipinski definition) is 1. The van der Waals surface area contributed by atoms with E-state index in [1.807, 2.05) is 0 Å². The molecule has 0 aliphatic heterocycles. The van der Waals surface area contributed by atoms with Crippen molar-refractivity contribution in [1.29, 1.82) is 0 Å². The molecule has 0 heterocycles. The quantitative estimate of drug-likeness (QED) is 0.231. The smallest absolute Gasteiger partial charge is 0.192 e. The van der Waals surface area contributed by atoms with Crippen molar-refractivity contribution in [3.05, 3.63) is 11.6 Å². The summed E-state index contributed by atoms with van der Waals surface area (Å²) < 4.78 is 7.48. The van der Waals surface area contributed by atoms with E-state index < -0.39 is 8.32 Å². The summed E-state index contributed by atoms with van der Waals surface area (Å²) >= 11 is 0. The molecule has 0 aromatic carbocycles. The van der Waals surface area contributed by atoms with E-state index >= 15 is 0 Å². The molecule has 0 amide bonds. The van der Waals surface area contributed by atoms with Crippen LogP contribution in [0.1, 0.15) is 120 Å². The van der Waals surface area contributed by atoms with Gasteiger partial charge in [0.25, 0.3) is 0 Å². The van der Waals surface area contributed by atoms with Gasteiger partial charge in [-0.3, -0.25) is 0 Å². The second-order valence-corrected chi connectivity index (χ2v) is 19.4. The van der Waals surface area contributed by atoms with Crippen molar-refractivity contribution in [3.8, 4) is 0 Å². The molecule has 0 spiro atoms. The monoisotopic (exact) mass is 516 g/mol. The van der Waals surface area contributed by atoms with Crippen molar-refractivity contribution in [3.63, 3.8) is 0 Å². The summed E-state index contributed by atoms with van der Waals surface area (Å²) in [5, 5.41) is 10.4. The Kier molecular flexibility index (Phi) is 8.95. The molecule has 1 N–H and O–H groups in total. The zero-order valence-corrected chi connectivity index (χ0v) is 26.2. The topological polar surface area (TPSA) is 29.5 Å². The van der Waals surface area contributed by atoms with Gasteiger partial charge in [-0.25, -0.2) is 0 Å². The minimum absolute atomic E-state index is 0.106. The normalized spacial score (nSPS) is 41.4. The van der Waals surface area contributed by atoms with E-state index in [0.29, 0.717) is 16.9 Å². The van der Waals surface area contributed by atoms with Crippen LogP contribution in [0, 0.1) is 46.3 Å². The highest BCUT2D eigenvalue weighted by atomic mass is 28.4. The maximum atomic E-state index is 10.4. The molecule has 0 bridgehead atoms. The Balaban J connectivity index is 1.64. The molecule has 3 saturated carbocycles. The summed E-state index contributed by atoms with van der Waals surface area (Å²) in [6.45, 7) is 19.9. The van der Waals surface area contributed by atoms with Gasteiger partial charge in [-0.15, -0.1) is 0 Å². The van der Waals surface area contributed by atoms with Crippen LogP contribution in [0.2, 0.25) is 18.1 Å². The molecule has 0 unspecified atom stereocenters. The number of aliphatic hydroxyl groups excluding tert-OH is 1. The van der Waals surface area contributed by atoms with Gasteiger partial charge in [-0.05, 0) is 109 Å². The minimum atomic E-state index is -1.65. The van der Waals surface area contributed by atoms with Crippen LogP contribution >= 0.6 is 0 Å². The lowest BCUT2D eigenvalue weighted by molar-refractivity contribution is -0.0614. The Morgan fingerprint density at radius 3 is 2.33 bits per heavy atom. The summed E-state index contributed by atoms with van der Waals surface area (Å²) in [5.41, 5.74) is 2.36. The predicted octanol–water partition coefficient (Wildman–Crippen LogP) is 9.39. The third kappa shape index (κ3) is 5.08. The molecule has 4 aliphatic carbocycles. The molecule has 0 saturated heterocycles. The van der Waals surface area contributed by atoms with Gasteiger partial charge in [0.1, 0.15) is 0 Å². The summed E-state index contributed by atoms with van der Waals surface area (Å²) in [6, 6.07) is 3.81. The first-order valence-corrected chi connectivity index (χ1v) is 18.6. The molecule has 9 atom stereocenters. The molecule has 3 heteroatoms. The number of hydrogen-bond acceptors (Lipinski definition) is 2. The highest BCUT2D eigenvalue weighted by Gasteiger charge is 2.62. The van der Waals surface area contributed by atoms with Gasteiger partial charge in [-0.2, -0.15) is 0 Å². The van der Waals surface area contributed by atoms with Crippen LogP contribution in [0.4, 0.5) is 0 Å². The van der Waals surface area contributed by atoms with Crippen molar-refractivity contribution in [2.45, 2.75) is 150 Å². The number of fused-ring (bicyclic) bond motifs is 5. The second-order valence-electron chi connectivity index (χ2n) is 14.7. The summed E-state index contributed by atoms with van der Waals surface area (Å²) in [7, 11) is -1.65. The SMILES string of the molecule is CC[Si](CC)(CC)O[C@H]1C[C@H]2[C@@H]3CC=C4C[C@H](O)CC[C@]4(C)[C@H]3CC[C@]2(C)[C@H]1[C@H](C)CCCC(C)C. The van der Waals surface area contributed by atoms with E-state index in [9.17, 15) is 5.11 Å². The van der Waals surface area contributed by atoms with E-state index in [2.05, 4.69) is 61.5 Å². The fourth-order valence-corrected chi connectivity index (χ4v) is 13.0. The largest absolute Gasteiger partial charge is 0.414 e. The molecule has 4 aliphatic rings. The van der Waals surface area contributed by atoms with Crippen LogP contribution in [0.25, 0.3) is 0 Å². The van der Waals surface area contributed by atoms with Crippen molar-refractivity contribution in [2.75, 3.05) is 0 Å². The molecular formula is C33H60O2Si. The fourth-order valence-electron chi connectivity index (χ4n) is 10.2. The second kappa shape index (κ2) is 11.2. The van der Waals surface area contributed by atoms with Crippen LogP contribution in [-0.2, 0) is 4.43 Å². The van der Waals surface area contributed by atoms with Gasteiger partial charge in [0.05, 0.1) is 6.10 Å². The highest BCUT2D eigenvalue weighted by molar-refractivity contribution is 6.73. The van der Waals surface area contributed by atoms with Crippen LogP contribution < -0.4 is 0 Å². The number of allylic oxidation sites excluding steroid dienone is 1. The van der Waals surface area contributed by atoms with Gasteiger partial charge >= 0.3 is 0 Å². The van der Waals surface area contributed by atoms with Crippen molar-refractivity contribution in [2.24, 2.45) is 46.3 Å². The Bertz CT molecular complexity index is 763. The molecule has 3 fully saturated rings. The molecule has 2 nitrogen and oxygen atoms in total. The van der Waals surface area contributed by atoms with Gasteiger partial charge in [0, 0.05) is 6.10 Å². The summed E-state index contributed by atoms with van der Waals surface area (Å²) in [5.74, 6) is 4.71. The van der Waals surface area contributed by atoms with Crippen molar-refractivity contribution >= 4 is 8.32 Å².